The number of amides is 3. The zero-order valence-electron chi connectivity index (χ0n) is 14.1. The lowest BCUT2D eigenvalue weighted by molar-refractivity contribution is -0.131. The molecule has 1 saturated carbocycles. The van der Waals surface area contributed by atoms with E-state index in [-0.39, 0.29) is 17.7 Å². The van der Waals surface area contributed by atoms with Gasteiger partial charge in [0.1, 0.15) is 10.6 Å². The van der Waals surface area contributed by atoms with E-state index in [4.69, 9.17) is 0 Å². The number of likely N-dealkylation sites (tertiary alicyclic amines) is 1. The Labute approximate surface area is 140 Å². The van der Waals surface area contributed by atoms with Crippen LogP contribution in [0, 0.1) is 5.92 Å². The quantitative estimate of drug-likeness (QED) is 0.773. The number of carbonyl (C=O) groups is 2. The number of urea groups is 1. The minimum atomic E-state index is -1.13. The van der Waals surface area contributed by atoms with E-state index in [1.807, 2.05) is 28.5 Å². The van der Waals surface area contributed by atoms with E-state index in [0.717, 1.165) is 6.54 Å². The van der Waals surface area contributed by atoms with Crippen LogP contribution in [0.3, 0.4) is 0 Å². The van der Waals surface area contributed by atoms with Crippen LogP contribution in [0.4, 0.5) is 4.79 Å². The van der Waals surface area contributed by atoms with Crippen molar-refractivity contribution in [3.63, 3.8) is 0 Å². The van der Waals surface area contributed by atoms with E-state index in [1.165, 1.54) is 12.8 Å². The fourth-order valence-corrected chi connectivity index (χ4v) is 5.45. The average Bonchev–Trinajstić information content (AvgIpc) is 3.34. The van der Waals surface area contributed by atoms with Gasteiger partial charge in [-0.2, -0.15) is 0 Å². The predicted octanol–water partition coefficient (Wildman–Crippen LogP) is 1.24. The minimum Gasteiger partial charge on any atom is -0.325 e. The molecule has 3 aliphatic rings. The lowest BCUT2D eigenvalue weighted by atomic mass is 10.0. The van der Waals surface area contributed by atoms with Crippen molar-refractivity contribution in [2.75, 3.05) is 38.5 Å². The second kappa shape index (κ2) is 6.42. The summed E-state index contributed by atoms with van der Waals surface area (Å²) in [7, 11) is -1.13. The summed E-state index contributed by atoms with van der Waals surface area (Å²) in [4.78, 5) is 29.8. The van der Waals surface area contributed by atoms with Gasteiger partial charge in [0.25, 0.3) is 0 Å². The second-order valence-corrected chi connectivity index (χ2v) is 8.57. The maximum absolute atomic E-state index is 12.6. The van der Waals surface area contributed by atoms with Crippen molar-refractivity contribution in [1.29, 1.82) is 0 Å². The average molecular weight is 341 g/mol. The molecule has 1 unspecified atom stereocenters. The van der Waals surface area contributed by atoms with E-state index in [0.29, 0.717) is 44.9 Å². The Bertz CT molecular complexity index is 509. The fraction of sp³-hybridized carbons (Fsp3) is 0.875. The van der Waals surface area contributed by atoms with Crippen LogP contribution in [0.2, 0.25) is 0 Å². The van der Waals surface area contributed by atoms with Crippen LogP contribution in [-0.2, 0) is 15.6 Å². The highest BCUT2D eigenvalue weighted by atomic mass is 32.2. The van der Waals surface area contributed by atoms with Gasteiger partial charge in [-0.1, -0.05) is 0 Å². The molecule has 3 rings (SSSR count). The summed E-state index contributed by atoms with van der Waals surface area (Å²) in [6, 6.07) is 0.0636. The molecule has 3 fully saturated rings. The molecule has 1 aliphatic carbocycles. The monoisotopic (exact) mass is 341 g/mol. The molecule has 1 atom stereocenters. The van der Waals surface area contributed by atoms with Crippen LogP contribution in [0.15, 0.2) is 0 Å². The number of carbonyl (C=O) groups excluding carboxylic acids is 2. The van der Waals surface area contributed by atoms with Crippen molar-refractivity contribution < 1.29 is 13.8 Å². The fourth-order valence-electron chi connectivity index (χ4n) is 3.74. The Morgan fingerprint density at radius 1 is 1.26 bits per heavy atom. The highest BCUT2D eigenvalue weighted by molar-refractivity contribution is 7.87. The standard InChI is InChI=1S/C16H27N3O3S/c1-3-17(4-2)15(21)18-9-7-16(8-10-18)19(11-13-5-6-13)14(20)12-23(16)22/h13H,3-12H2,1-2H3. The first-order valence-electron chi connectivity index (χ1n) is 8.74. The van der Waals surface area contributed by atoms with Crippen LogP contribution in [0.1, 0.15) is 39.5 Å². The molecular formula is C16H27N3O3S. The molecule has 0 aromatic heterocycles. The third kappa shape index (κ3) is 2.99. The number of rotatable bonds is 4. The molecule has 0 bridgehead atoms. The van der Waals surface area contributed by atoms with Gasteiger partial charge in [0, 0.05) is 45.6 Å². The van der Waals surface area contributed by atoms with Crippen molar-refractivity contribution in [2.24, 2.45) is 5.92 Å². The summed E-state index contributed by atoms with van der Waals surface area (Å²) in [6.45, 7) is 7.31. The Morgan fingerprint density at radius 2 is 1.87 bits per heavy atom. The van der Waals surface area contributed by atoms with Crippen LogP contribution < -0.4 is 0 Å². The van der Waals surface area contributed by atoms with Gasteiger partial charge in [-0.15, -0.1) is 0 Å². The molecule has 6 nitrogen and oxygen atoms in total. The zero-order valence-corrected chi connectivity index (χ0v) is 14.9. The van der Waals surface area contributed by atoms with Crippen molar-refractivity contribution in [3.8, 4) is 0 Å². The van der Waals surface area contributed by atoms with Gasteiger partial charge in [-0.25, -0.2) is 4.79 Å². The van der Waals surface area contributed by atoms with E-state index in [9.17, 15) is 13.8 Å². The molecule has 2 aliphatic heterocycles. The smallest absolute Gasteiger partial charge is 0.319 e. The van der Waals surface area contributed by atoms with Crippen LogP contribution >= 0.6 is 0 Å². The SMILES string of the molecule is CCN(CC)C(=O)N1CCC2(CC1)N(CC1CC1)C(=O)CS2=O. The van der Waals surface area contributed by atoms with Gasteiger partial charge >= 0.3 is 6.03 Å². The van der Waals surface area contributed by atoms with Gasteiger partial charge in [-0.3, -0.25) is 9.00 Å². The maximum Gasteiger partial charge on any atom is 0.319 e. The molecule has 0 aromatic rings. The number of hydrogen-bond donors (Lipinski definition) is 0. The highest BCUT2D eigenvalue weighted by Gasteiger charge is 2.54. The molecule has 130 valence electrons. The van der Waals surface area contributed by atoms with Gasteiger partial charge < -0.3 is 14.7 Å². The summed E-state index contributed by atoms with van der Waals surface area (Å²) in [5, 5.41) is 0. The van der Waals surface area contributed by atoms with Gasteiger partial charge in [0.2, 0.25) is 5.91 Å². The first-order chi connectivity index (χ1) is 11.0. The molecule has 3 amide bonds. The maximum atomic E-state index is 12.6. The zero-order chi connectivity index (χ0) is 16.6. The molecule has 1 spiro atoms. The van der Waals surface area contributed by atoms with E-state index < -0.39 is 15.7 Å². The summed E-state index contributed by atoms with van der Waals surface area (Å²) < 4.78 is 12.6. The number of piperidine rings is 1. The van der Waals surface area contributed by atoms with Crippen molar-refractivity contribution in [3.05, 3.63) is 0 Å². The lowest BCUT2D eigenvalue weighted by Crippen LogP contribution is -2.57. The lowest BCUT2D eigenvalue weighted by Gasteiger charge is -2.44. The van der Waals surface area contributed by atoms with Crippen molar-refractivity contribution in [2.45, 2.75) is 44.4 Å². The normalized spacial score (nSPS) is 26.9. The first kappa shape index (κ1) is 16.7. The molecule has 23 heavy (non-hydrogen) atoms. The Kier molecular flexibility index (Phi) is 4.67. The van der Waals surface area contributed by atoms with E-state index in [1.54, 1.807) is 0 Å². The third-order valence-corrected chi connectivity index (χ3v) is 7.44. The summed E-state index contributed by atoms with van der Waals surface area (Å²) in [5.41, 5.74) is 0. The van der Waals surface area contributed by atoms with E-state index >= 15 is 0 Å². The first-order valence-corrected chi connectivity index (χ1v) is 10.1. The summed E-state index contributed by atoms with van der Waals surface area (Å²) in [5.74, 6) is 0.802. The summed E-state index contributed by atoms with van der Waals surface area (Å²) in [6.07, 6.45) is 3.65. The van der Waals surface area contributed by atoms with Crippen molar-refractivity contribution in [1.82, 2.24) is 14.7 Å². The highest BCUT2D eigenvalue weighted by Crippen LogP contribution is 2.41. The summed E-state index contributed by atoms with van der Waals surface area (Å²) >= 11 is 0. The van der Waals surface area contributed by atoms with Gasteiger partial charge in [-0.05, 0) is 32.6 Å². The third-order valence-electron chi connectivity index (χ3n) is 5.46. The molecule has 2 heterocycles. The van der Waals surface area contributed by atoms with Crippen molar-refractivity contribution >= 4 is 22.7 Å². The van der Waals surface area contributed by atoms with Crippen LogP contribution in [0.5, 0.6) is 0 Å². The van der Waals surface area contributed by atoms with Gasteiger partial charge in [0.05, 0.1) is 10.8 Å². The Morgan fingerprint density at radius 3 is 2.39 bits per heavy atom. The van der Waals surface area contributed by atoms with E-state index in [2.05, 4.69) is 0 Å². The van der Waals surface area contributed by atoms with Crippen LogP contribution in [0.25, 0.3) is 0 Å². The minimum absolute atomic E-state index is 0.0405. The van der Waals surface area contributed by atoms with Gasteiger partial charge in [0.15, 0.2) is 0 Å². The molecular weight excluding hydrogens is 314 g/mol. The Hall–Kier alpha value is -1.11. The van der Waals surface area contributed by atoms with Crippen LogP contribution in [-0.4, -0.2) is 74.2 Å². The molecule has 2 saturated heterocycles. The predicted molar refractivity (Wildman–Crippen MR) is 89.3 cm³/mol. The largest absolute Gasteiger partial charge is 0.325 e. The number of hydrogen-bond acceptors (Lipinski definition) is 3. The second-order valence-electron chi connectivity index (χ2n) is 6.83. The topological polar surface area (TPSA) is 60.9 Å². The molecule has 0 N–H and O–H groups in total. The molecule has 7 heteroatoms. The molecule has 0 aromatic carbocycles. The Balaban J connectivity index is 1.69. The molecule has 0 radical (unpaired) electrons. The number of nitrogens with zero attached hydrogens (tertiary/aromatic N) is 3.